The fourth-order valence-corrected chi connectivity index (χ4v) is 8.50. The first-order valence-electron chi connectivity index (χ1n) is 20.6. The third-order valence-corrected chi connectivity index (χ3v) is 11.4. The molecule has 0 unspecified atom stereocenters. The van der Waals surface area contributed by atoms with Gasteiger partial charge >= 0.3 is 0 Å². The predicted molar refractivity (Wildman–Crippen MR) is 252 cm³/mol. The molecule has 0 saturated carbocycles. The van der Waals surface area contributed by atoms with Gasteiger partial charge in [-0.2, -0.15) is 0 Å². The molecule has 2 heterocycles. The first-order chi connectivity index (χ1) is 30.2. The molecule has 0 bridgehead atoms. The molecule has 11 rings (SSSR count). The highest BCUT2D eigenvalue weighted by Crippen LogP contribution is 2.41. The molecule has 61 heavy (non-hydrogen) atoms. The summed E-state index contributed by atoms with van der Waals surface area (Å²) in [4.78, 5) is 15.6. The molecule has 0 spiro atoms. The van der Waals surface area contributed by atoms with E-state index in [9.17, 15) is 0 Å². The van der Waals surface area contributed by atoms with E-state index < -0.39 is 0 Å². The molecule has 2 aromatic heterocycles. The summed E-state index contributed by atoms with van der Waals surface area (Å²) in [6.07, 6.45) is 0. The zero-order valence-corrected chi connectivity index (χ0v) is 33.2. The van der Waals surface area contributed by atoms with Gasteiger partial charge in [-0.1, -0.05) is 182 Å². The van der Waals surface area contributed by atoms with E-state index in [4.69, 9.17) is 15.0 Å². The molecule has 4 heteroatoms. The van der Waals surface area contributed by atoms with Gasteiger partial charge in [-0.3, -0.25) is 0 Å². The number of hydrogen-bond acceptors (Lipinski definition) is 3. The van der Waals surface area contributed by atoms with Crippen LogP contribution in [0.4, 0.5) is 0 Å². The van der Waals surface area contributed by atoms with Crippen molar-refractivity contribution < 1.29 is 0 Å². The third kappa shape index (κ3) is 6.86. The quantitative estimate of drug-likeness (QED) is 0.154. The standard InChI is InChI=1S/C57H38N4/c1-5-17-39(18-6-1)42-23-13-26-46(35-42)55-58-56(47-27-14-24-43(36-47)40-19-7-2-8-20-40)60-57(59-55)48-28-15-25-45(37-48)50-31-16-32-53-54(50)51-38-44(41-21-9-3-10-22-41)33-34-52(51)61(53)49-29-11-4-12-30-49/h1-38H. The SMILES string of the molecule is c1ccc(-c2cccc(-c3nc(-c4cccc(-c5ccccc5)c4)nc(-c4cccc(-c5cccc6c5c5cc(-c7ccccc7)ccc5n6-c5ccccc5)c4)n3)c2)cc1. The number of aromatic nitrogens is 4. The summed E-state index contributed by atoms with van der Waals surface area (Å²) in [5, 5.41) is 2.39. The molecule has 286 valence electrons. The lowest BCUT2D eigenvalue weighted by Gasteiger charge is -2.12. The average molecular weight is 779 g/mol. The van der Waals surface area contributed by atoms with Crippen LogP contribution in [-0.2, 0) is 0 Å². The molecule has 0 aliphatic heterocycles. The van der Waals surface area contributed by atoms with E-state index in [1.54, 1.807) is 0 Å². The molecule has 0 N–H and O–H groups in total. The maximum atomic E-state index is 5.22. The van der Waals surface area contributed by atoms with E-state index in [0.29, 0.717) is 17.5 Å². The molecule has 0 aliphatic carbocycles. The number of fused-ring (bicyclic) bond motifs is 3. The Morgan fingerprint density at radius 3 is 1.16 bits per heavy atom. The summed E-state index contributed by atoms with van der Waals surface area (Å²) < 4.78 is 2.38. The van der Waals surface area contributed by atoms with Crippen LogP contribution in [0.3, 0.4) is 0 Å². The molecule has 0 amide bonds. The van der Waals surface area contributed by atoms with Crippen LogP contribution in [0, 0.1) is 0 Å². The van der Waals surface area contributed by atoms with Gasteiger partial charge in [0.25, 0.3) is 0 Å². The van der Waals surface area contributed by atoms with Gasteiger partial charge in [-0.25, -0.2) is 15.0 Å². The lowest BCUT2D eigenvalue weighted by molar-refractivity contribution is 1.07. The van der Waals surface area contributed by atoms with Crippen molar-refractivity contribution in [2.45, 2.75) is 0 Å². The van der Waals surface area contributed by atoms with Gasteiger partial charge in [0.15, 0.2) is 17.5 Å². The Morgan fingerprint density at radius 2 is 0.656 bits per heavy atom. The van der Waals surface area contributed by atoms with Crippen molar-refractivity contribution in [1.29, 1.82) is 0 Å². The van der Waals surface area contributed by atoms with Crippen LogP contribution in [0.1, 0.15) is 0 Å². The van der Waals surface area contributed by atoms with Gasteiger partial charge < -0.3 is 4.57 Å². The summed E-state index contributed by atoms with van der Waals surface area (Å²) in [5.41, 5.74) is 15.3. The number of nitrogens with zero attached hydrogens (tertiary/aromatic N) is 4. The zero-order chi connectivity index (χ0) is 40.5. The first-order valence-corrected chi connectivity index (χ1v) is 20.6. The highest BCUT2D eigenvalue weighted by atomic mass is 15.0. The van der Waals surface area contributed by atoms with Crippen LogP contribution in [0.25, 0.3) is 106 Å². The van der Waals surface area contributed by atoms with Gasteiger partial charge in [0, 0.05) is 33.2 Å². The van der Waals surface area contributed by atoms with Crippen molar-refractivity contribution in [3.05, 3.63) is 231 Å². The van der Waals surface area contributed by atoms with Gasteiger partial charge in [0.2, 0.25) is 0 Å². The number of rotatable bonds is 8. The summed E-state index contributed by atoms with van der Waals surface area (Å²) in [5.74, 6) is 1.85. The van der Waals surface area contributed by atoms with Gasteiger partial charge in [-0.05, 0) is 93.0 Å². The number of hydrogen-bond donors (Lipinski definition) is 0. The lowest BCUT2D eigenvalue weighted by atomic mass is 9.96. The average Bonchev–Trinajstić information content (AvgIpc) is 3.69. The van der Waals surface area contributed by atoms with Crippen molar-refractivity contribution in [3.8, 4) is 84.4 Å². The molecule has 0 saturated heterocycles. The van der Waals surface area contributed by atoms with Crippen molar-refractivity contribution in [2.24, 2.45) is 0 Å². The van der Waals surface area contributed by atoms with Crippen molar-refractivity contribution in [3.63, 3.8) is 0 Å². The Bertz CT molecular complexity index is 3240. The molecule has 4 nitrogen and oxygen atoms in total. The smallest absolute Gasteiger partial charge is 0.164 e. The van der Waals surface area contributed by atoms with Crippen molar-refractivity contribution in [1.82, 2.24) is 19.5 Å². The second kappa shape index (κ2) is 15.5. The molecule has 9 aromatic carbocycles. The van der Waals surface area contributed by atoms with Crippen molar-refractivity contribution in [2.75, 3.05) is 0 Å². The first kappa shape index (κ1) is 35.9. The third-order valence-electron chi connectivity index (χ3n) is 11.4. The zero-order valence-electron chi connectivity index (χ0n) is 33.2. The van der Waals surface area contributed by atoms with E-state index in [1.807, 2.05) is 12.1 Å². The molecular formula is C57H38N4. The monoisotopic (exact) mass is 778 g/mol. The topological polar surface area (TPSA) is 43.6 Å². The summed E-state index contributed by atoms with van der Waals surface area (Å²) >= 11 is 0. The van der Waals surface area contributed by atoms with E-state index in [2.05, 4.69) is 223 Å². The second-order valence-electron chi connectivity index (χ2n) is 15.2. The normalized spacial score (nSPS) is 11.3. The Morgan fingerprint density at radius 1 is 0.262 bits per heavy atom. The van der Waals surface area contributed by atoms with Crippen molar-refractivity contribution >= 4 is 21.8 Å². The van der Waals surface area contributed by atoms with E-state index >= 15 is 0 Å². The highest BCUT2D eigenvalue weighted by molar-refractivity contribution is 6.16. The second-order valence-corrected chi connectivity index (χ2v) is 15.2. The minimum absolute atomic E-state index is 0.613. The summed E-state index contributed by atoms with van der Waals surface area (Å²) in [7, 11) is 0. The fraction of sp³-hybridized carbons (Fsp3) is 0. The minimum atomic E-state index is 0.613. The number of para-hydroxylation sites is 1. The Balaban J connectivity index is 1.09. The van der Waals surface area contributed by atoms with E-state index in [1.165, 1.54) is 21.9 Å². The largest absolute Gasteiger partial charge is 0.309 e. The maximum Gasteiger partial charge on any atom is 0.164 e. The van der Waals surface area contributed by atoms with Crippen LogP contribution in [0.15, 0.2) is 231 Å². The predicted octanol–water partition coefficient (Wildman–Crippen LogP) is 14.6. The molecule has 0 aliphatic rings. The van der Waals surface area contributed by atoms with Crippen LogP contribution in [-0.4, -0.2) is 19.5 Å². The van der Waals surface area contributed by atoms with Crippen LogP contribution < -0.4 is 0 Å². The Labute approximate surface area is 354 Å². The maximum absolute atomic E-state index is 5.22. The van der Waals surface area contributed by atoms with E-state index in [-0.39, 0.29) is 0 Å². The van der Waals surface area contributed by atoms with Crippen LogP contribution in [0.2, 0.25) is 0 Å². The van der Waals surface area contributed by atoms with Gasteiger partial charge in [0.05, 0.1) is 11.0 Å². The Hall–Kier alpha value is -8.21. The number of benzene rings is 9. The molecule has 0 atom stereocenters. The summed E-state index contributed by atoms with van der Waals surface area (Å²) in [6, 6.07) is 81.1. The van der Waals surface area contributed by atoms with Gasteiger partial charge in [-0.15, -0.1) is 0 Å². The van der Waals surface area contributed by atoms with Crippen LogP contribution >= 0.6 is 0 Å². The van der Waals surface area contributed by atoms with Gasteiger partial charge in [0.1, 0.15) is 0 Å². The lowest BCUT2D eigenvalue weighted by Crippen LogP contribution is -2.00. The molecule has 11 aromatic rings. The molecule has 0 radical (unpaired) electrons. The molecule has 0 fully saturated rings. The van der Waals surface area contributed by atoms with Crippen LogP contribution in [0.5, 0.6) is 0 Å². The fourth-order valence-electron chi connectivity index (χ4n) is 8.50. The van der Waals surface area contributed by atoms with E-state index in [0.717, 1.165) is 66.8 Å². The minimum Gasteiger partial charge on any atom is -0.309 e. The molecular weight excluding hydrogens is 741 g/mol. The Kier molecular flexibility index (Phi) is 9.14. The summed E-state index contributed by atoms with van der Waals surface area (Å²) in [6.45, 7) is 0. The highest BCUT2D eigenvalue weighted by Gasteiger charge is 2.19.